The maximum absolute atomic E-state index is 11.5. The van der Waals surface area contributed by atoms with E-state index < -0.39 is 0 Å². The minimum atomic E-state index is -0.0531. The van der Waals surface area contributed by atoms with Gasteiger partial charge in [-0.2, -0.15) is 0 Å². The largest absolute Gasteiger partial charge is 0.469 e. The third-order valence-corrected chi connectivity index (χ3v) is 3.27. The van der Waals surface area contributed by atoms with Crippen molar-refractivity contribution in [1.82, 2.24) is 9.80 Å². The standard InChI is InChI=1S/C12H24N2O2/c1-10-8-14(7-5-6-13(2)3)9-11(10)12(15)16-4/h10-11H,5-9H2,1-4H3. The SMILES string of the molecule is COC(=O)C1CN(CCCN(C)C)CC1C. The molecule has 0 saturated carbocycles. The van der Waals surface area contributed by atoms with Crippen molar-refractivity contribution in [3.05, 3.63) is 0 Å². The molecule has 2 atom stereocenters. The van der Waals surface area contributed by atoms with E-state index in [1.165, 1.54) is 7.11 Å². The van der Waals surface area contributed by atoms with Crippen molar-refractivity contribution in [2.45, 2.75) is 13.3 Å². The molecule has 4 heteroatoms. The number of methoxy groups -OCH3 is 1. The molecular formula is C12H24N2O2. The number of hydrogen-bond donors (Lipinski definition) is 0. The zero-order valence-corrected chi connectivity index (χ0v) is 10.9. The Labute approximate surface area is 98.5 Å². The minimum Gasteiger partial charge on any atom is -0.469 e. The molecule has 16 heavy (non-hydrogen) atoms. The number of carbonyl (C=O) groups excluding carboxylic acids is 1. The number of nitrogens with zero attached hydrogens (tertiary/aromatic N) is 2. The fourth-order valence-electron chi connectivity index (χ4n) is 2.32. The number of carbonyl (C=O) groups is 1. The molecule has 0 radical (unpaired) electrons. The van der Waals surface area contributed by atoms with Crippen LogP contribution < -0.4 is 0 Å². The molecule has 0 amide bonds. The first-order valence-electron chi connectivity index (χ1n) is 5.99. The van der Waals surface area contributed by atoms with Crippen molar-refractivity contribution in [3.63, 3.8) is 0 Å². The summed E-state index contributed by atoms with van der Waals surface area (Å²) in [6, 6.07) is 0. The van der Waals surface area contributed by atoms with Gasteiger partial charge in [-0.15, -0.1) is 0 Å². The number of esters is 1. The third kappa shape index (κ3) is 3.76. The highest BCUT2D eigenvalue weighted by atomic mass is 16.5. The zero-order chi connectivity index (χ0) is 12.1. The second-order valence-corrected chi connectivity index (χ2v) is 5.02. The molecule has 4 nitrogen and oxygen atoms in total. The van der Waals surface area contributed by atoms with Gasteiger partial charge in [0.1, 0.15) is 0 Å². The lowest BCUT2D eigenvalue weighted by Gasteiger charge is -2.17. The van der Waals surface area contributed by atoms with Crippen LogP contribution >= 0.6 is 0 Å². The normalized spacial score (nSPS) is 26.3. The Hall–Kier alpha value is -0.610. The summed E-state index contributed by atoms with van der Waals surface area (Å²) in [6.45, 7) is 6.20. The Morgan fingerprint density at radius 3 is 2.69 bits per heavy atom. The molecule has 2 unspecified atom stereocenters. The second kappa shape index (κ2) is 6.21. The van der Waals surface area contributed by atoms with E-state index in [-0.39, 0.29) is 11.9 Å². The first-order valence-corrected chi connectivity index (χ1v) is 5.99. The van der Waals surface area contributed by atoms with Crippen LogP contribution in [-0.4, -0.2) is 63.2 Å². The summed E-state index contributed by atoms with van der Waals surface area (Å²) in [7, 11) is 5.65. The van der Waals surface area contributed by atoms with Gasteiger partial charge in [0.25, 0.3) is 0 Å². The molecule has 1 aliphatic rings. The van der Waals surface area contributed by atoms with Gasteiger partial charge in [-0.25, -0.2) is 0 Å². The third-order valence-electron chi connectivity index (χ3n) is 3.27. The van der Waals surface area contributed by atoms with Crippen LogP contribution in [0.3, 0.4) is 0 Å². The summed E-state index contributed by atoms with van der Waals surface area (Å²) in [5, 5.41) is 0. The monoisotopic (exact) mass is 228 g/mol. The number of rotatable bonds is 5. The van der Waals surface area contributed by atoms with Gasteiger partial charge in [0.05, 0.1) is 13.0 Å². The van der Waals surface area contributed by atoms with Gasteiger partial charge in [-0.3, -0.25) is 4.79 Å². The molecule has 0 N–H and O–H groups in total. The lowest BCUT2D eigenvalue weighted by molar-refractivity contribution is -0.146. The van der Waals surface area contributed by atoms with Gasteiger partial charge in [-0.1, -0.05) is 6.92 Å². The van der Waals surface area contributed by atoms with Crippen LogP contribution in [0.25, 0.3) is 0 Å². The highest BCUT2D eigenvalue weighted by molar-refractivity contribution is 5.73. The van der Waals surface area contributed by atoms with E-state index in [1.807, 2.05) is 0 Å². The Bertz CT molecular complexity index is 231. The average molecular weight is 228 g/mol. The molecule has 0 aromatic heterocycles. The topological polar surface area (TPSA) is 32.8 Å². The number of hydrogen-bond acceptors (Lipinski definition) is 4. The van der Waals surface area contributed by atoms with Gasteiger partial charge < -0.3 is 14.5 Å². The van der Waals surface area contributed by atoms with Gasteiger partial charge in [0.15, 0.2) is 0 Å². The van der Waals surface area contributed by atoms with Crippen LogP contribution in [0.15, 0.2) is 0 Å². The second-order valence-electron chi connectivity index (χ2n) is 5.02. The summed E-state index contributed by atoms with van der Waals surface area (Å²) in [6.07, 6.45) is 1.16. The van der Waals surface area contributed by atoms with E-state index >= 15 is 0 Å². The van der Waals surface area contributed by atoms with E-state index in [0.29, 0.717) is 5.92 Å². The highest BCUT2D eigenvalue weighted by Gasteiger charge is 2.34. The summed E-state index contributed by atoms with van der Waals surface area (Å²) < 4.78 is 4.82. The van der Waals surface area contributed by atoms with Crippen LogP contribution in [0, 0.1) is 11.8 Å². The summed E-state index contributed by atoms with van der Waals surface area (Å²) in [4.78, 5) is 16.1. The van der Waals surface area contributed by atoms with Gasteiger partial charge in [-0.05, 0) is 39.5 Å². The number of ether oxygens (including phenoxy) is 1. The van der Waals surface area contributed by atoms with Gasteiger partial charge in [0, 0.05) is 13.1 Å². The van der Waals surface area contributed by atoms with Gasteiger partial charge >= 0.3 is 5.97 Å². The molecule has 1 saturated heterocycles. The highest BCUT2D eigenvalue weighted by Crippen LogP contribution is 2.23. The predicted molar refractivity (Wildman–Crippen MR) is 64.3 cm³/mol. The van der Waals surface area contributed by atoms with Crippen molar-refractivity contribution in [2.24, 2.45) is 11.8 Å². The van der Waals surface area contributed by atoms with Crippen molar-refractivity contribution < 1.29 is 9.53 Å². The Morgan fingerprint density at radius 1 is 1.44 bits per heavy atom. The van der Waals surface area contributed by atoms with E-state index in [1.54, 1.807) is 0 Å². The van der Waals surface area contributed by atoms with Crippen LogP contribution in [0.1, 0.15) is 13.3 Å². The lowest BCUT2D eigenvalue weighted by atomic mass is 9.99. The molecule has 0 aromatic rings. The maximum Gasteiger partial charge on any atom is 0.310 e. The molecule has 0 aliphatic carbocycles. The average Bonchev–Trinajstić information content (AvgIpc) is 2.58. The molecule has 1 rings (SSSR count). The Kier molecular flexibility index (Phi) is 5.22. The maximum atomic E-state index is 11.5. The molecular weight excluding hydrogens is 204 g/mol. The lowest BCUT2D eigenvalue weighted by Crippen LogP contribution is -2.27. The first-order chi connectivity index (χ1) is 7.54. The molecule has 0 spiro atoms. The molecule has 94 valence electrons. The Morgan fingerprint density at radius 2 is 2.12 bits per heavy atom. The molecule has 1 heterocycles. The smallest absolute Gasteiger partial charge is 0.310 e. The molecule has 1 aliphatic heterocycles. The van der Waals surface area contributed by atoms with E-state index in [9.17, 15) is 4.79 Å². The van der Waals surface area contributed by atoms with Crippen LogP contribution in [0.2, 0.25) is 0 Å². The predicted octanol–water partition coefficient (Wildman–Crippen LogP) is 0.679. The van der Waals surface area contributed by atoms with E-state index in [4.69, 9.17) is 4.74 Å². The Balaban J connectivity index is 2.30. The minimum absolute atomic E-state index is 0.0531. The van der Waals surface area contributed by atoms with Gasteiger partial charge in [0.2, 0.25) is 0 Å². The molecule has 0 bridgehead atoms. The first kappa shape index (κ1) is 13.5. The van der Waals surface area contributed by atoms with Crippen LogP contribution in [0.5, 0.6) is 0 Å². The van der Waals surface area contributed by atoms with Crippen LogP contribution in [0.4, 0.5) is 0 Å². The van der Waals surface area contributed by atoms with E-state index in [2.05, 4.69) is 30.8 Å². The van der Waals surface area contributed by atoms with Crippen molar-refractivity contribution in [2.75, 3.05) is 47.4 Å². The quantitative estimate of drug-likeness (QED) is 0.648. The van der Waals surface area contributed by atoms with Crippen molar-refractivity contribution >= 4 is 5.97 Å². The van der Waals surface area contributed by atoms with E-state index in [0.717, 1.165) is 32.6 Å². The fraction of sp³-hybridized carbons (Fsp3) is 0.917. The molecule has 0 aromatic carbocycles. The van der Waals surface area contributed by atoms with Crippen molar-refractivity contribution in [3.8, 4) is 0 Å². The summed E-state index contributed by atoms with van der Waals surface area (Å²) in [5.74, 6) is 0.443. The fourth-order valence-corrected chi connectivity index (χ4v) is 2.32. The number of likely N-dealkylation sites (tertiary alicyclic amines) is 1. The van der Waals surface area contributed by atoms with Crippen LogP contribution in [-0.2, 0) is 9.53 Å². The van der Waals surface area contributed by atoms with Crippen molar-refractivity contribution in [1.29, 1.82) is 0 Å². The summed E-state index contributed by atoms with van der Waals surface area (Å²) >= 11 is 0. The summed E-state index contributed by atoms with van der Waals surface area (Å²) in [5.41, 5.74) is 0. The molecule has 1 fully saturated rings. The zero-order valence-electron chi connectivity index (χ0n) is 10.9.